The summed E-state index contributed by atoms with van der Waals surface area (Å²) in [5.41, 5.74) is 0.697. The summed E-state index contributed by atoms with van der Waals surface area (Å²) < 4.78 is 0. The lowest BCUT2D eigenvalue weighted by atomic mass is 10.3. The van der Waals surface area contributed by atoms with E-state index in [2.05, 4.69) is 29.4 Å². The maximum Gasteiger partial charge on any atom is 0.319 e. The fraction of sp³-hybridized carbons (Fsp3) is 0.462. The summed E-state index contributed by atoms with van der Waals surface area (Å²) in [4.78, 5) is 13.8. The van der Waals surface area contributed by atoms with E-state index in [4.69, 9.17) is 11.6 Å². The van der Waals surface area contributed by atoms with Crippen LogP contribution in [0.3, 0.4) is 0 Å². The van der Waals surface area contributed by atoms with E-state index in [0.717, 1.165) is 19.6 Å². The second-order valence-electron chi connectivity index (χ2n) is 3.92. The Balaban J connectivity index is 2.29. The van der Waals surface area contributed by atoms with Gasteiger partial charge in [0.1, 0.15) is 0 Å². The SMILES string of the molecule is CCN(CC)CCNC(=O)Nc1cccc(Cl)c1. The number of halogens is 1. The van der Waals surface area contributed by atoms with E-state index in [9.17, 15) is 4.79 Å². The van der Waals surface area contributed by atoms with E-state index in [1.54, 1.807) is 24.3 Å². The molecule has 2 amide bonds. The fourth-order valence-electron chi connectivity index (χ4n) is 1.61. The molecule has 0 atom stereocenters. The molecule has 0 aliphatic rings. The van der Waals surface area contributed by atoms with Crippen LogP contribution >= 0.6 is 11.6 Å². The van der Waals surface area contributed by atoms with Crippen LogP contribution in [0, 0.1) is 0 Å². The summed E-state index contributed by atoms with van der Waals surface area (Å²) in [5, 5.41) is 6.16. The van der Waals surface area contributed by atoms with Gasteiger partial charge in [-0.25, -0.2) is 4.79 Å². The Kier molecular flexibility index (Phi) is 6.54. The van der Waals surface area contributed by atoms with Crippen molar-refractivity contribution in [2.75, 3.05) is 31.5 Å². The van der Waals surface area contributed by atoms with Crippen molar-refractivity contribution in [2.24, 2.45) is 0 Å². The average Bonchev–Trinajstić information content (AvgIpc) is 2.34. The number of likely N-dealkylation sites (N-methyl/N-ethyl adjacent to an activating group) is 1. The molecule has 1 aromatic carbocycles. The Labute approximate surface area is 113 Å². The minimum atomic E-state index is -0.204. The van der Waals surface area contributed by atoms with Gasteiger partial charge in [0, 0.05) is 23.8 Å². The highest BCUT2D eigenvalue weighted by atomic mass is 35.5. The maximum atomic E-state index is 11.6. The van der Waals surface area contributed by atoms with Gasteiger partial charge in [0.05, 0.1) is 0 Å². The smallest absolute Gasteiger partial charge is 0.319 e. The van der Waals surface area contributed by atoms with Crippen LogP contribution in [0.5, 0.6) is 0 Å². The molecule has 0 fully saturated rings. The highest BCUT2D eigenvalue weighted by Crippen LogP contribution is 2.14. The molecule has 5 heteroatoms. The normalized spacial score (nSPS) is 10.4. The van der Waals surface area contributed by atoms with Crippen LogP contribution in [-0.2, 0) is 0 Å². The third-order valence-corrected chi connectivity index (χ3v) is 2.93. The van der Waals surface area contributed by atoms with Gasteiger partial charge < -0.3 is 15.5 Å². The molecule has 2 N–H and O–H groups in total. The molecule has 0 heterocycles. The van der Waals surface area contributed by atoms with Gasteiger partial charge in [-0.15, -0.1) is 0 Å². The zero-order chi connectivity index (χ0) is 13.4. The number of carbonyl (C=O) groups is 1. The van der Waals surface area contributed by atoms with Gasteiger partial charge in [0.15, 0.2) is 0 Å². The molecule has 0 saturated heterocycles. The van der Waals surface area contributed by atoms with Gasteiger partial charge in [-0.3, -0.25) is 0 Å². The summed E-state index contributed by atoms with van der Waals surface area (Å²) in [5.74, 6) is 0. The number of urea groups is 1. The molecular formula is C13H20ClN3O. The molecule has 0 radical (unpaired) electrons. The average molecular weight is 270 g/mol. The largest absolute Gasteiger partial charge is 0.337 e. The quantitative estimate of drug-likeness (QED) is 0.834. The van der Waals surface area contributed by atoms with Gasteiger partial charge >= 0.3 is 6.03 Å². The molecule has 0 aliphatic heterocycles. The molecule has 4 nitrogen and oxygen atoms in total. The minimum absolute atomic E-state index is 0.204. The number of anilines is 1. The van der Waals surface area contributed by atoms with Crippen LogP contribution in [0.25, 0.3) is 0 Å². The lowest BCUT2D eigenvalue weighted by Crippen LogP contribution is -2.36. The van der Waals surface area contributed by atoms with Gasteiger partial charge in [-0.1, -0.05) is 31.5 Å². The number of nitrogens with one attached hydrogen (secondary N) is 2. The summed E-state index contributed by atoms with van der Waals surface area (Å²) in [6.07, 6.45) is 0. The number of nitrogens with zero attached hydrogens (tertiary/aromatic N) is 1. The molecule has 18 heavy (non-hydrogen) atoms. The van der Waals surface area contributed by atoms with Crippen molar-refractivity contribution in [3.05, 3.63) is 29.3 Å². The number of benzene rings is 1. The summed E-state index contributed by atoms with van der Waals surface area (Å²) in [6.45, 7) is 7.69. The van der Waals surface area contributed by atoms with Crippen LogP contribution in [0.2, 0.25) is 5.02 Å². The Hall–Kier alpha value is -1.26. The van der Waals surface area contributed by atoms with Crippen molar-refractivity contribution in [3.8, 4) is 0 Å². The summed E-state index contributed by atoms with van der Waals surface area (Å²) in [6, 6.07) is 6.88. The van der Waals surface area contributed by atoms with Crippen molar-refractivity contribution in [2.45, 2.75) is 13.8 Å². The Morgan fingerprint density at radius 1 is 1.33 bits per heavy atom. The fourth-order valence-corrected chi connectivity index (χ4v) is 1.80. The topological polar surface area (TPSA) is 44.4 Å². The molecule has 0 saturated carbocycles. The lowest BCUT2D eigenvalue weighted by Gasteiger charge is -2.18. The Morgan fingerprint density at radius 3 is 2.67 bits per heavy atom. The van der Waals surface area contributed by atoms with Crippen molar-refractivity contribution < 1.29 is 4.79 Å². The molecule has 0 aliphatic carbocycles. The number of amides is 2. The van der Waals surface area contributed by atoms with E-state index < -0.39 is 0 Å². The van der Waals surface area contributed by atoms with Crippen LogP contribution in [0.1, 0.15) is 13.8 Å². The maximum absolute atomic E-state index is 11.6. The van der Waals surface area contributed by atoms with Gasteiger partial charge in [-0.05, 0) is 31.3 Å². The molecule has 100 valence electrons. The Morgan fingerprint density at radius 2 is 2.06 bits per heavy atom. The molecular weight excluding hydrogens is 250 g/mol. The van der Waals surface area contributed by atoms with Crippen LogP contribution in [0.4, 0.5) is 10.5 Å². The van der Waals surface area contributed by atoms with Gasteiger partial charge in [0.2, 0.25) is 0 Å². The summed E-state index contributed by atoms with van der Waals surface area (Å²) >= 11 is 5.83. The molecule has 1 rings (SSSR count). The van der Waals surface area contributed by atoms with E-state index in [-0.39, 0.29) is 6.03 Å². The van der Waals surface area contributed by atoms with Crippen molar-refractivity contribution in [1.82, 2.24) is 10.2 Å². The predicted molar refractivity (Wildman–Crippen MR) is 76.3 cm³/mol. The molecule has 1 aromatic rings. The number of hydrogen-bond donors (Lipinski definition) is 2. The highest BCUT2D eigenvalue weighted by molar-refractivity contribution is 6.30. The highest BCUT2D eigenvalue weighted by Gasteiger charge is 2.03. The number of rotatable bonds is 6. The second-order valence-corrected chi connectivity index (χ2v) is 4.35. The number of hydrogen-bond acceptors (Lipinski definition) is 2. The second kappa shape index (κ2) is 7.95. The zero-order valence-electron chi connectivity index (χ0n) is 10.9. The van der Waals surface area contributed by atoms with E-state index in [0.29, 0.717) is 17.3 Å². The molecule has 0 bridgehead atoms. The van der Waals surface area contributed by atoms with E-state index in [1.807, 2.05) is 0 Å². The van der Waals surface area contributed by atoms with Crippen LogP contribution < -0.4 is 10.6 Å². The first kappa shape index (κ1) is 14.8. The third-order valence-electron chi connectivity index (χ3n) is 2.69. The van der Waals surface area contributed by atoms with Crippen LogP contribution in [-0.4, -0.2) is 37.1 Å². The van der Waals surface area contributed by atoms with Gasteiger partial charge in [-0.2, -0.15) is 0 Å². The van der Waals surface area contributed by atoms with Crippen molar-refractivity contribution in [1.29, 1.82) is 0 Å². The predicted octanol–water partition coefficient (Wildman–Crippen LogP) is 2.80. The lowest BCUT2D eigenvalue weighted by molar-refractivity contribution is 0.248. The van der Waals surface area contributed by atoms with Crippen LogP contribution in [0.15, 0.2) is 24.3 Å². The molecule has 0 aromatic heterocycles. The van der Waals surface area contributed by atoms with Crippen molar-refractivity contribution >= 4 is 23.3 Å². The third kappa shape index (κ3) is 5.38. The first-order valence-electron chi connectivity index (χ1n) is 6.18. The standard InChI is InChI=1S/C13H20ClN3O/c1-3-17(4-2)9-8-15-13(18)16-12-7-5-6-11(14)10-12/h5-7,10H,3-4,8-9H2,1-2H3,(H2,15,16,18). The first-order valence-corrected chi connectivity index (χ1v) is 6.56. The zero-order valence-corrected chi connectivity index (χ0v) is 11.6. The Bertz CT molecular complexity index is 380. The van der Waals surface area contributed by atoms with Crippen molar-refractivity contribution in [3.63, 3.8) is 0 Å². The van der Waals surface area contributed by atoms with E-state index in [1.165, 1.54) is 0 Å². The minimum Gasteiger partial charge on any atom is -0.337 e. The summed E-state index contributed by atoms with van der Waals surface area (Å²) in [7, 11) is 0. The first-order chi connectivity index (χ1) is 8.65. The number of carbonyl (C=O) groups excluding carboxylic acids is 1. The molecule has 0 spiro atoms. The monoisotopic (exact) mass is 269 g/mol. The van der Waals surface area contributed by atoms with E-state index >= 15 is 0 Å². The van der Waals surface area contributed by atoms with Gasteiger partial charge in [0.25, 0.3) is 0 Å². The molecule has 0 unspecified atom stereocenters.